The second kappa shape index (κ2) is 6.56. The van der Waals surface area contributed by atoms with Crippen LogP contribution in [0.3, 0.4) is 0 Å². The standard InChI is InChI=1S/C11H13BrFNO/c12-6-1-7-14-11(15)8-9-2-4-10(13)5-3-9/h2-5H,1,6-8H2,(H,14,15). The molecule has 1 aromatic carbocycles. The topological polar surface area (TPSA) is 29.1 Å². The lowest BCUT2D eigenvalue weighted by Crippen LogP contribution is -2.26. The average Bonchev–Trinajstić information content (AvgIpc) is 2.22. The van der Waals surface area contributed by atoms with Crippen LogP contribution in [0.2, 0.25) is 0 Å². The number of halogens is 2. The summed E-state index contributed by atoms with van der Waals surface area (Å²) in [6, 6.07) is 5.97. The van der Waals surface area contributed by atoms with E-state index in [2.05, 4.69) is 21.2 Å². The number of amides is 1. The zero-order valence-electron chi connectivity index (χ0n) is 8.30. The van der Waals surface area contributed by atoms with Gasteiger partial charge < -0.3 is 5.32 Å². The van der Waals surface area contributed by atoms with Crippen LogP contribution in [0.15, 0.2) is 24.3 Å². The van der Waals surface area contributed by atoms with E-state index in [0.29, 0.717) is 13.0 Å². The summed E-state index contributed by atoms with van der Waals surface area (Å²) in [5.74, 6) is -0.305. The van der Waals surface area contributed by atoms with Gasteiger partial charge in [-0.1, -0.05) is 28.1 Å². The van der Waals surface area contributed by atoms with E-state index < -0.39 is 0 Å². The molecule has 1 N–H and O–H groups in total. The number of hydrogen-bond donors (Lipinski definition) is 1. The van der Waals surface area contributed by atoms with Gasteiger partial charge in [-0.3, -0.25) is 4.79 Å². The number of alkyl halides is 1. The fraction of sp³-hybridized carbons (Fsp3) is 0.364. The molecule has 0 saturated carbocycles. The molecule has 0 radical (unpaired) electrons. The zero-order valence-corrected chi connectivity index (χ0v) is 9.89. The van der Waals surface area contributed by atoms with E-state index in [-0.39, 0.29) is 11.7 Å². The number of nitrogens with one attached hydrogen (secondary N) is 1. The van der Waals surface area contributed by atoms with Crippen LogP contribution in [-0.4, -0.2) is 17.8 Å². The predicted molar refractivity (Wildman–Crippen MR) is 61.5 cm³/mol. The molecule has 4 heteroatoms. The Morgan fingerprint density at radius 2 is 2.00 bits per heavy atom. The van der Waals surface area contributed by atoms with Gasteiger partial charge in [-0.2, -0.15) is 0 Å². The van der Waals surface area contributed by atoms with E-state index in [9.17, 15) is 9.18 Å². The van der Waals surface area contributed by atoms with Gasteiger partial charge >= 0.3 is 0 Å². The van der Waals surface area contributed by atoms with E-state index in [1.165, 1.54) is 12.1 Å². The summed E-state index contributed by atoms with van der Waals surface area (Å²) < 4.78 is 12.6. The summed E-state index contributed by atoms with van der Waals surface area (Å²) in [7, 11) is 0. The molecule has 1 amide bonds. The van der Waals surface area contributed by atoms with Crippen molar-refractivity contribution in [3.8, 4) is 0 Å². The normalized spacial score (nSPS) is 10.0. The molecule has 0 aromatic heterocycles. The van der Waals surface area contributed by atoms with Gasteiger partial charge in [0.1, 0.15) is 5.82 Å². The van der Waals surface area contributed by atoms with Crippen molar-refractivity contribution in [1.82, 2.24) is 5.32 Å². The lowest BCUT2D eigenvalue weighted by atomic mass is 10.1. The van der Waals surface area contributed by atoms with Crippen molar-refractivity contribution in [2.45, 2.75) is 12.8 Å². The van der Waals surface area contributed by atoms with Crippen LogP contribution in [0.5, 0.6) is 0 Å². The van der Waals surface area contributed by atoms with Crippen molar-refractivity contribution >= 4 is 21.8 Å². The fourth-order valence-electron chi connectivity index (χ4n) is 1.14. The zero-order chi connectivity index (χ0) is 11.1. The fourth-order valence-corrected chi connectivity index (χ4v) is 1.43. The minimum atomic E-state index is -0.279. The molecule has 1 rings (SSSR count). The molecule has 1 aromatic rings. The maximum atomic E-state index is 12.6. The molecule has 0 heterocycles. The quantitative estimate of drug-likeness (QED) is 0.647. The van der Waals surface area contributed by atoms with Crippen LogP contribution in [0, 0.1) is 5.82 Å². The monoisotopic (exact) mass is 273 g/mol. The smallest absolute Gasteiger partial charge is 0.224 e. The molecule has 0 unspecified atom stereocenters. The summed E-state index contributed by atoms with van der Waals surface area (Å²) in [4.78, 5) is 11.4. The van der Waals surface area contributed by atoms with Crippen molar-refractivity contribution in [2.75, 3.05) is 11.9 Å². The summed E-state index contributed by atoms with van der Waals surface area (Å²) in [6.07, 6.45) is 1.22. The molecule has 0 aliphatic carbocycles. The van der Waals surface area contributed by atoms with E-state index in [4.69, 9.17) is 0 Å². The number of hydrogen-bond acceptors (Lipinski definition) is 1. The van der Waals surface area contributed by atoms with Crippen molar-refractivity contribution in [2.24, 2.45) is 0 Å². The number of carbonyl (C=O) groups excluding carboxylic acids is 1. The molecule has 0 spiro atoms. The molecule has 0 bridgehead atoms. The minimum absolute atomic E-state index is 0.0254. The molecule has 15 heavy (non-hydrogen) atoms. The van der Waals surface area contributed by atoms with Gasteiger partial charge in [-0.05, 0) is 24.1 Å². The lowest BCUT2D eigenvalue weighted by molar-refractivity contribution is -0.120. The summed E-state index contributed by atoms with van der Waals surface area (Å²) >= 11 is 3.28. The molecule has 0 aliphatic heterocycles. The summed E-state index contributed by atoms with van der Waals surface area (Å²) in [6.45, 7) is 0.672. The second-order valence-corrected chi connectivity index (χ2v) is 3.99. The Morgan fingerprint density at radius 3 is 2.60 bits per heavy atom. The van der Waals surface area contributed by atoms with Crippen molar-refractivity contribution in [3.05, 3.63) is 35.6 Å². The Balaban J connectivity index is 2.34. The SMILES string of the molecule is O=C(Cc1ccc(F)cc1)NCCCBr. The maximum Gasteiger partial charge on any atom is 0.224 e. The number of rotatable bonds is 5. The summed E-state index contributed by atoms with van der Waals surface area (Å²) in [5, 5.41) is 3.66. The Bertz CT molecular complexity index is 313. The molecule has 0 fully saturated rings. The van der Waals surface area contributed by atoms with Crippen LogP contribution >= 0.6 is 15.9 Å². The van der Waals surface area contributed by atoms with Crippen molar-refractivity contribution in [1.29, 1.82) is 0 Å². The van der Waals surface area contributed by atoms with Crippen molar-refractivity contribution < 1.29 is 9.18 Å². The first kappa shape index (κ1) is 12.2. The highest BCUT2D eigenvalue weighted by atomic mass is 79.9. The molecule has 0 aliphatic rings. The first-order valence-corrected chi connectivity index (χ1v) is 5.91. The van der Waals surface area contributed by atoms with Crippen LogP contribution in [-0.2, 0) is 11.2 Å². The van der Waals surface area contributed by atoms with E-state index in [1.54, 1.807) is 12.1 Å². The molecule has 0 atom stereocenters. The third-order valence-electron chi connectivity index (χ3n) is 1.91. The Labute approximate surface area is 97.0 Å². The van der Waals surface area contributed by atoms with Gasteiger partial charge in [0, 0.05) is 11.9 Å². The summed E-state index contributed by atoms with van der Waals surface area (Å²) in [5.41, 5.74) is 0.827. The van der Waals surface area contributed by atoms with Crippen LogP contribution < -0.4 is 5.32 Å². The van der Waals surface area contributed by atoms with Crippen LogP contribution in [0.4, 0.5) is 4.39 Å². The third-order valence-corrected chi connectivity index (χ3v) is 2.47. The van der Waals surface area contributed by atoms with Crippen LogP contribution in [0.1, 0.15) is 12.0 Å². The molecule has 82 valence electrons. The van der Waals surface area contributed by atoms with Crippen molar-refractivity contribution in [3.63, 3.8) is 0 Å². The van der Waals surface area contributed by atoms with Crippen LogP contribution in [0.25, 0.3) is 0 Å². The lowest BCUT2D eigenvalue weighted by Gasteiger charge is -2.03. The predicted octanol–water partition coefficient (Wildman–Crippen LogP) is 2.27. The Kier molecular flexibility index (Phi) is 5.32. The molecular formula is C11H13BrFNO. The molecular weight excluding hydrogens is 261 g/mol. The highest BCUT2D eigenvalue weighted by molar-refractivity contribution is 9.09. The van der Waals surface area contributed by atoms with Gasteiger partial charge in [0.2, 0.25) is 5.91 Å². The van der Waals surface area contributed by atoms with E-state index >= 15 is 0 Å². The van der Waals surface area contributed by atoms with Gasteiger partial charge in [0.15, 0.2) is 0 Å². The van der Waals surface area contributed by atoms with Gasteiger partial charge in [0.05, 0.1) is 6.42 Å². The largest absolute Gasteiger partial charge is 0.356 e. The Hall–Kier alpha value is -0.900. The average molecular weight is 274 g/mol. The number of benzene rings is 1. The van der Waals surface area contributed by atoms with Gasteiger partial charge in [-0.25, -0.2) is 4.39 Å². The first-order valence-electron chi connectivity index (χ1n) is 4.79. The highest BCUT2D eigenvalue weighted by Gasteiger charge is 2.02. The highest BCUT2D eigenvalue weighted by Crippen LogP contribution is 2.03. The second-order valence-electron chi connectivity index (χ2n) is 3.20. The number of carbonyl (C=O) groups is 1. The van der Waals surface area contributed by atoms with E-state index in [1.807, 2.05) is 0 Å². The first-order chi connectivity index (χ1) is 7.22. The van der Waals surface area contributed by atoms with E-state index in [0.717, 1.165) is 17.3 Å². The Morgan fingerprint density at radius 1 is 1.33 bits per heavy atom. The molecule has 0 saturated heterocycles. The van der Waals surface area contributed by atoms with Gasteiger partial charge in [0.25, 0.3) is 0 Å². The minimum Gasteiger partial charge on any atom is -0.356 e. The van der Waals surface area contributed by atoms with Gasteiger partial charge in [-0.15, -0.1) is 0 Å². The molecule has 2 nitrogen and oxygen atoms in total. The third kappa shape index (κ3) is 4.93. The maximum absolute atomic E-state index is 12.6.